The van der Waals surface area contributed by atoms with Gasteiger partial charge in [-0.15, -0.1) is 0 Å². The molecule has 0 rings (SSSR count). The third-order valence-corrected chi connectivity index (χ3v) is 15.6. The Morgan fingerprint density at radius 1 is 0.368 bits per heavy atom. The van der Waals surface area contributed by atoms with Crippen LogP contribution in [0.25, 0.3) is 0 Å². The molecule has 0 saturated heterocycles. The lowest BCUT2D eigenvalue weighted by Gasteiger charge is -2.20. The molecule has 6 heteroatoms. The Morgan fingerprint density at radius 2 is 0.671 bits per heavy atom. The predicted octanol–water partition coefficient (Wildman–Crippen LogP) is 21.7. The van der Waals surface area contributed by atoms with Gasteiger partial charge in [-0.1, -0.05) is 313 Å². The molecule has 0 aliphatic rings. The number of rotatable bonds is 63. The number of allylic oxidation sites excluding steroid dienone is 7. The first-order valence-corrected chi connectivity index (χ1v) is 33.9. The molecule has 6 nitrogen and oxygen atoms in total. The molecule has 0 bridgehead atoms. The van der Waals surface area contributed by atoms with E-state index < -0.39 is 12.1 Å². The molecule has 0 radical (unpaired) electrons. The maximum absolute atomic E-state index is 12.5. The van der Waals surface area contributed by atoms with Crippen LogP contribution in [0.3, 0.4) is 0 Å². The van der Waals surface area contributed by atoms with Crippen molar-refractivity contribution < 1.29 is 24.5 Å². The van der Waals surface area contributed by atoms with Crippen molar-refractivity contribution in [3.8, 4) is 0 Å². The van der Waals surface area contributed by atoms with Gasteiger partial charge in [0.05, 0.1) is 25.4 Å². The number of ether oxygens (including phenoxy) is 1. The molecule has 0 aromatic heterocycles. The topological polar surface area (TPSA) is 95.9 Å². The van der Waals surface area contributed by atoms with E-state index in [4.69, 9.17) is 4.74 Å². The predicted molar refractivity (Wildman–Crippen MR) is 333 cm³/mol. The highest BCUT2D eigenvalue weighted by atomic mass is 16.5. The third-order valence-electron chi connectivity index (χ3n) is 15.6. The van der Waals surface area contributed by atoms with Crippen molar-refractivity contribution in [2.75, 3.05) is 13.2 Å². The van der Waals surface area contributed by atoms with Crippen molar-refractivity contribution in [1.29, 1.82) is 0 Å². The van der Waals surface area contributed by atoms with Crippen molar-refractivity contribution in [3.05, 3.63) is 48.6 Å². The summed E-state index contributed by atoms with van der Waals surface area (Å²) in [4.78, 5) is 24.5. The van der Waals surface area contributed by atoms with Crippen LogP contribution >= 0.6 is 0 Å². The Kier molecular flexibility index (Phi) is 63.5. The SMILES string of the molecule is CCCC/C=C\C/C=C\CCCCCCCC(=O)OCCCCCCCCCCCCCC/C=C\CCCCCCCCCCCCCCCCC(=O)NC(CO)C(O)/C=C/CCCCCCCCCCCCCCC. The average molecular weight is 1070 g/mol. The Labute approximate surface area is 474 Å². The van der Waals surface area contributed by atoms with E-state index in [-0.39, 0.29) is 18.5 Å². The second-order valence-corrected chi connectivity index (χ2v) is 23.1. The lowest BCUT2D eigenvalue weighted by atomic mass is 10.0. The molecule has 0 aliphatic carbocycles. The van der Waals surface area contributed by atoms with Crippen molar-refractivity contribution >= 4 is 11.9 Å². The maximum Gasteiger partial charge on any atom is 0.305 e. The standard InChI is InChI=1S/C70H131NO5/c1-3-5-7-9-11-13-15-17-35-38-42-46-50-54-58-62-68(73)67(66-72)71-69(74)63-59-55-51-47-43-39-36-33-31-29-27-25-23-21-19-20-22-24-26-28-30-32-34-37-41-45-49-53-57-61-65-76-70(75)64-60-56-52-48-44-40-18-16-14-12-10-8-6-4-2/h10,12,16,18,20,22,58,62,67-68,72-73H,3-9,11,13-15,17,19,21,23-57,59-61,63-66H2,1-2H3,(H,71,74)/b12-10-,18-16-,22-20-,62-58+. The lowest BCUT2D eigenvalue weighted by molar-refractivity contribution is -0.143. The Morgan fingerprint density at radius 3 is 1.05 bits per heavy atom. The Bertz CT molecular complexity index is 1270. The van der Waals surface area contributed by atoms with E-state index in [1.165, 1.54) is 283 Å². The fourth-order valence-electron chi connectivity index (χ4n) is 10.4. The molecule has 1 amide bonds. The van der Waals surface area contributed by atoms with Gasteiger partial charge in [0.25, 0.3) is 0 Å². The van der Waals surface area contributed by atoms with Crippen molar-refractivity contribution in [1.82, 2.24) is 5.32 Å². The molecule has 0 fully saturated rings. The summed E-state index contributed by atoms with van der Waals surface area (Å²) >= 11 is 0. The van der Waals surface area contributed by atoms with Crippen LogP contribution in [0.5, 0.6) is 0 Å². The van der Waals surface area contributed by atoms with Crippen molar-refractivity contribution in [2.24, 2.45) is 0 Å². The van der Waals surface area contributed by atoms with Gasteiger partial charge in [-0.05, 0) is 83.5 Å². The van der Waals surface area contributed by atoms with Gasteiger partial charge in [0.2, 0.25) is 5.91 Å². The van der Waals surface area contributed by atoms with Crippen LogP contribution in [-0.2, 0) is 14.3 Å². The number of unbranched alkanes of at least 4 members (excludes halogenated alkanes) is 46. The number of aliphatic hydroxyl groups excluding tert-OH is 2. The molecule has 446 valence electrons. The van der Waals surface area contributed by atoms with Gasteiger partial charge in [-0.3, -0.25) is 9.59 Å². The van der Waals surface area contributed by atoms with E-state index in [1.54, 1.807) is 6.08 Å². The summed E-state index contributed by atoms with van der Waals surface area (Å²) in [6.45, 7) is 4.87. The minimum absolute atomic E-state index is 0.00201. The molecule has 2 unspecified atom stereocenters. The summed E-state index contributed by atoms with van der Waals surface area (Å²) < 4.78 is 5.48. The average Bonchev–Trinajstić information content (AvgIpc) is 3.42. The molecular weight excluding hydrogens is 935 g/mol. The molecule has 76 heavy (non-hydrogen) atoms. The largest absolute Gasteiger partial charge is 0.466 e. The van der Waals surface area contributed by atoms with Crippen LogP contribution in [0.1, 0.15) is 361 Å². The molecule has 0 aromatic rings. The van der Waals surface area contributed by atoms with E-state index in [0.29, 0.717) is 19.4 Å². The first-order chi connectivity index (χ1) is 37.5. The number of carbonyl (C=O) groups is 2. The fraction of sp³-hybridized carbons (Fsp3) is 0.857. The second-order valence-electron chi connectivity index (χ2n) is 23.1. The van der Waals surface area contributed by atoms with Crippen LogP contribution in [0, 0.1) is 0 Å². The first kappa shape index (κ1) is 73.8. The second kappa shape index (κ2) is 65.3. The highest BCUT2D eigenvalue weighted by Gasteiger charge is 2.18. The zero-order chi connectivity index (χ0) is 55.0. The number of aliphatic hydroxyl groups is 2. The van der Waals surface area contributed by atoms with E-state index in [2.05, 4.69) is 55.6 Å². The van der Waals surface area contributed by atoms with Crippen LogP contribution < -0.4 is 5.32 Å². The van der Waals surface area contributed by atoms with Crippen LogP contribution in [0.4, 0.5) is 0 Å². The van der Waals surface area contributed by atoms with E-state index in [1.807, 2.05) is 6.08 Å². The molecular formula is C70H131NO5. The number of hydrogen-bond acceptors (Lipinski definition) is 5. The van der Waals surface area contributed by atoms with Gasteiger partial charge in [-0.25, -0.2) is 0 Å². The molecule has 0 saturated carbocycles. The summed E-state index contributed by atoms with van der Waals surface area (Å²) in [6.07, 6.45) is 84.7. The first-order valence-electron chi connectivity index (χ1n) is 33.9. The minimum atomic E-state index is -0.844. The summed E-state index contributed by atoms with van der Waals surface area (Å²) in [5.41, 5.74) is 0. The van der Waals surface area contributed by atoms with Gasteiger partial charge < -0.3 is 20.3 Å². The summed E-state index contributed by atoms with van der Waals surface area (Å²) in [6, 6.07) is -0.627. The summed E-state index contributed by atoms with van der Waals surface area (Å²) in [5, 5.41) is 23.2. The van der Waals surface area contributed by atoms with Gasteiger partial charge in [0, 0.05) is 12.8 Å². The molecule has 0 heterocycles. The van der Waals surface area contributed by atoms with E-state index in [9.17, 15) is 19.8 Å². The van der Waals surface area contributed by atoms with Gasteiger partial charge in [0.1, 0.15) is 0 Å². The normalized spacial score (nSPS) is 12.8. The summed E-state index contributed by atoms with van der Waals surface area (Å²) in [7, 11) is 0. The number of carbonyl (C=O) groups excluding carboxylic acids is 2. The Balaban J connectivity index is 3.39. The van der Waals surface area contributed by atoms with Crippen molar-refractivity contribution in [3.63, 3.8) is 0 Å². The van der Waals surface area contributed by atoms with E-state index >= 15 is 0 Å². The van der Waals surface area contributed by atoms with Gasteiger partial charge in [0.15, 0.2) is 0 Å². The number of esters is 1. The van der Waals surface area contributed by atoms with Gasteiger partial charge >= 0.3 is 5.97 Å². The molecule has 3 N–H and O–H groups in total. The smallest absolute Gasteiger partial charge is 0.305 e. The zero-order valence-electron chi connectivity index (χ0n) is 51.0. The zero-order valence-corrected chi connectivity index (χ0v) is 51.0. The molecule has 0 aromatic carbocycles. The third kappa shape index (κ3) is 61.0. The fourth-order valence-corrected chi connectivity index (χ4v) is 10.4. The Hall–Kier alpha value is -2.18. The van der Waals surface area contributed by atoms with Crippen LogP contribution in [0.15, 0.2) is 48.6 Å². The lowest BCUT2D eigenvalue weighted by Crippen LogP contribution is -2.45. The molecule has 0 spiro atoms. The maximum atomic E-state index is 12.5. The minimum Gasteiger partial charge on any atom is -0.466 e. The highest BCUT2D eigenvalue weighted by Crippen LogP contribution is 2.18. The van der Waals surface area contributed by atoms with Crippen LogP contribution in [0.2, 0.25) is 0 Å². The quantitative estimate of drug-likeness (QED) is 0.0320. The highest BCUT2D eigenvalue weighted by molar-refractivity contribution is 5.76. The van der Waals surface area contributed by atoms with Crippen molar-refractivity contribution in [2.45, 2.75) is 373 Å². The monoisotopic (exact) mass is 1070 g/mol. The number of amides is 1. The number of nitrogens with one attached hydrogen (secondary N) is 1. The van der Waals surface area contributed by atoms with Gasteiger partial charge in [-0.2, -0.15) is 0 Å². The summed E-state index contributed by atoms with van der Waals surface area (Å²) in [5.74, 6) is -0.0631. The molecule has 0 aliphatic heterocycles. The van der Waals surface area contributed by atoms with Crippen LogP contribution in [-0.4, -0.2) is 47.4 Å². The van der Waals surface area contributed by atoms with E-state index in [0.717, 1.165) is 51.4 Å². The molecule has 2 atom stereocenters. The number of hydrogen-bond donors (Lipinski definition) is 3.